The summed E-state index contributed by atoms with van der Waals surface area (Å²) in [5.74, 6) is 0. The van der Waals surface area contributed by atoms with E-state index in [1.807, 2.05) is 0 Å². The van der Waals surface area contributed by atoms with Gasteiger partial charge in [-0.15, -0.1) is 0 Å². The third kappa shape index (κ3) is 11.7. The highest BCUT2D eigenvalue weighted by atomic mass is 35.5. The van der Waals surface area contributed by atoms with Crippen LogP contribution in [0.5, 0.6) is 0 Å². The molecule has 0 spiro atoms. The van der Waals surface area contributed by atoms with E-state index in [0.717, 1.165) is 19.7 Å². The van der Waals surface area contributed by atoms with Gasteiger partial charge in [0.15, 0.2) is 0 Å². The average Bonchev–Trinajstić information content (AvgIpc) is 2.49. The minimum atomic E-state index is 0. The summed E-state index contributed by atoms with van der Waals surface area (Å²) in [6.07, 6.45) is 18.4. The summed E-state index contributed by atoms with van der Waals surface area (Å²) in [6, 6.07) is 0. The molecule has 0 saturated carbocycles. The van der Waals surface area contributed by atoms with Crippen LogP contribution < -0.4 is 17.7 Å². The van der Waals surface area contributed by atoms with Gasteiger partial charge >= 0.3 is 0 Å². The molecule has 1 atom stereocenters. The number of quaternary nitrogens is 1. The first-order valence-corrected chi connectivity index (χ1v) is 9.72. The van der Waals surface area contributed by atoms with Crippen molar-refractivity contribution in [1.29, 1.82) is 0 Å². The molecule has 1 fully saturated rings. The Morgan fingerprint density at radius 2 is 1.32 bits per heavy atom. The van der Waals surface area contributed by atoms with Crippen molar-refractivity contribution in [3.8, 4) is 0 Å². The van der Waals surface area contributed by atoms with Gasteiger partial charge in [0, 0.05) is 0 Å². The Morgan fingerprint density at radius 3 is 1.77 bits per heavy atom. The Morgan fingerprint density at radius 1 is 0.818 bits per heavy atom. The molecule has 134 valence electrons. The molecule has 1 saturated heterocycles. The van der Waals surface area contributed by atoms with Crippen LogP contribution in [0.15, 0.2) is 0 Å². The zero-order valence-electron chi connectivity index (χ0n) is 15.2. The molecule has 0 aromatic carbocycles. The number of hydrogen-bond donors (Lipinski definition) is 1. The monoisotopic (exact) mass is 333 g/mol. The fraction of sp³-hybridized carbons (Fsp3) is 1.00. The van der Waals surface area contributed by atoms with Crippen LogP contribution in [-0.2, 0) is 4.74 Å². The van der Waals surface area contributed by atoms with Gasteiger partial charge in [-0.2, -0.15) is 0 Å². The second kappa shape index (κ2) is 14.8. The highest BCUT2D eigenvalue weighted by molar-refractivity contribution is 4.75. The van der Waals surface area contributed by atoms with Gasteiger partial charge in [-0.05, 0) is 13.3 Å². The molecule has 2 nitrogen and oxygen atoms in total. The van der Waals surface area contributed by atoms with Crippen LogP contribution in [0, 0.1) is 0 Å². The summed E-state index contributed by atoms with van der Waals surface area (Å²) in [4.78, 5) is 0. The van der Waals surface area contributed by atoms with Crippen molar-refractivity contribution in [3.63, 3.8) is 0 Å². The third-order valence-electron chi connectivity index (χ3n) is 4.91. The largest absolute Gasteiger partial charge is 1.00 e. The topological polar surface area (TPSA) is 25.8 Å². The predicted octanol–water partition coefficient (Wildman–Crippen LogP) is 1.43. The van der Waals surface area contributed by atoms with Crippen molar-refractivity contribution in [2.45, 2.75) is 103 Å². The molecule has 0 aliphatic carbocycles. The van der Waals surface area contributed by atoms with Gasteiger partial charge in [0.2, 0.25) is 0 Å². The molecule has 1 aliphatic heterocycles. The highest BCUT2D eigenvalue weighted by Crippen LogP contribution is 2.20. The first-order valence-electron chi connectivity index (χ1n) is 9.72. The van der Waals surface area contributed by atoms with Crippen LogP contribution in [0.3, 0.4) is 0 Å². The van der Waals surface area contributed by atoms with Gasteiger partial charge in [0.1, 0.15) is 12.1 Å². The van der Waals surface area contributed by atoms with E-state index in [1.54, 1.807) is 0 Å². The molecule has 1 rings (SSSR count). The molecule has 2 N–H and O–H groups in total. The fourth-order valence-electron chi connectivity index (χ4n) is 3.37. The maximum Gasteiger partial charge on any atom is 0.114 e. The van der Waals surface area contributed by atoms with Gasteiger partial charge in [-0.25, -0.2) is 0 Å². The Kier molecular flexibility index (Phi) is 14.9. The Hall–Kier alpha value is 0.210. The van der Waals surface area contributed by atoms with Crippen LogP contribution in [0.2, 0.25) is 0 Å². The number of ether oxygens (including phenoxy) is 1. The summed E-state index contributed by atoms with van der Waals surface area (Å²) < 4.78 is 5.93. The fourth-order valence-corrected chi connectivity index (χ4v) is 3.37. The second-order valence-electron chi connectivity index (χ2n) is 7.22. The summed E-state index contributed by atoms with van der Waals surface area (Å²) >= 11 is 0. The van der Waals surface area contributed by atoms with Crippen molar-refractivity contribution in [2.24, 2.45) is 0 Å². The number of rotatable bonds is 13. The summed E-state index contributed by atoms with van der Waals surface area (Å²) in [5.41, 5.74) is 0.163. The van der Waals surface area contributed by atoms with Crippen LogP contribution in [0.25, 0.3) is 0 Å². The molecule has 0 aromatic heterocycles. The molecule has 1 heterocycles. The molecular weight excluding hydrogens is 294 g/mol. The molecule has 1 unspecified atom stereocenters. The lowest BCUT2D eigenvalue weighted by molar-refractivity contribution is -0.685. The van der Waals surface area contributed by atoms with Crippen LogP contribution >= 0.6 is 0 Å². The lowest BCUT2D eigenvalue weighted by Crippen LogP contribution is -3.00. The van der Waals surface area contributed by atoms with Crippen LogP contribution in [0.1, 0.15) is 97.3 Å². The Bertz CT molecular complexity index is 229. The molecule has 0 aromatic rings. The smallest absolute Gasteiger partial charge is 0.114 e. The first kappa shape index (κ1) is 22.2. The van der Waals surface area contributed by atoms with Crippen molar-refractivity contribution in [2.75, 3.05) is 19.7 Å². The maximum absolute atomic E-state index is 5.93. The SMILES string of the molecule is CCCCCCCCCCCCCCC1(C)C[NH2+]CCO1.[Cl-]. The normalized spacial score (nSPS) is 21.5. The van der Waals surface area contributed by atoms with E-state index in [9.17, 15) is 0 Å². The lowest BCUT2D eigenvalue weighted by Gasteiger charge is -2.31. The average molecular weight is 334 g/mol. The van der Waals surface area contributed by atoms with E-state index in [0.29, 0.717) is 0 Å². The van der Waals surface area contributed by atoms with E-state index in [1.165, 1.54) is 83.5 Å². The molecule has 3 heteroatoms. The van der Waals surface area contributed by atoms with E-state index in [-0.39, 0.29) is 18.0 Å². The van der Waals surface area contributed by atoms with Crippen molar-refractivity contribution < 1.29 is 22.5 Å². The zero-order valence-corrected chi connectivity index (χ0v) is 15.9. The zero-order chi connectivity index (χ0) is 15.2. The number of halogens is 1. The standard InChI is InChI=1S/C19H39NO.ClH/c1-3-4-5-6-7-8-9-10-11-12-13-14-15-19(2)18-20-16-17-21-19;/h20H,3-18H2,1-2H3;1H. The van der Waals surface area contributed by atoms with Crippen LogP contribution in [0.4, 0.5) is 0 Å². The van der Waals surface area contributed by atoms with Gasteiger partial charge < -0.3 is 22.5 Å². The predicted molar refractivity (Wildman–Crippen MR) is 91.7 cm³/mol. The van der Waals surface area contributed by atoms with E-state index < -0.39 is 0 Å². The molecule has 0 radical (unpaired) electrons. The second-order valence-corrected chi connectivity index (χ2v) is 7.22. The number of morpholine rings is 1. The number of hydrogen-bond acceptors (Lipinski definition) is 1. The van der Waals surface area contributed by atoms with E-state index >= 15 is 0 Å². The van der Waals surface area contributed by atoms with Gasteiger partial charge in [0.05, 0.1) is 13.2 Å². The number of unbranched alkanes of at least 4 members (excludes halogenated alkanes) is 11. The van der Waals surface area contributed by atoms with Crippen molar-refractivity contribution in [3.05, 3.63) is 0 Å². The number of nitrogens with two attached hydrogens (primary N) is 1. The Balaban J connectivity index is 0.00000441. The van der Waals surface area contributed by atoms with Gasteiger partial charge in [0.25, 0.3) is 0 Å². The van der Waals surface area contributed by atoms with Crippen molar-refractivity contribution >= 4 is 0 Å². The van der Waals surface area contributed by atoms with Crippen LogP contribution in [-0.4, -0.2) is 25.3 Å². The summed E-state index contributed by atoms with van der Waals surface area (Å²) in [7, 11) is 0. The summed E-state index contributed by atoms with van der Waals surface area (Å²) in [5, 5.41) is 2.41. The van der Waals surface area contributed by atoms with Gasteiger partial charge in [-0.1, -0.05) is 84.0 Å². The Labute approximate surface area is 145 Å². The summed E-state index contributed by atoms with van der Waals surface area (Å²) in [6.45, 7) is 7.83. The third-order valence-corrected chi connectivity index (χ3v) is 4.91. The highest BCUT2D eigenvalue weighted by Gasteiger charge is 2.29. The minimum Gasteiger partial charge on any atom is -1.00 e. The van der Waals surface area contributed by atoms with Crippen molar-refractivity contribution in [1.82, 2.24) is 0 Å². The van der Waals surface area contributed by atoms with Gasteiger partial charge in [-0.3, -0.25) is 0 Å². The van der Waals surface area contributed by atoms with E-state index in [4.69, 9.17) is 4.74 Å². The molecule has 0 bridgehead atoms. The first-order chi connectivity index (χ1) is 10.3. The van der Waals surface area contributed by atoms with E-state index in [2.05, 4.69) is 19.2 Å². The maximum atomic E-state index is 5.93. The lowest BCUT2D eigenvalue weighted by atomic mass is 9.96. The molecule has 1 aliphatic rings. The molecule has 0 amide bonds. The molecular formula is C19H40ClNO. The quantitative estimate of drug-likeness (QED) is 0.507. The molecule has 22 heavy (non-hydrogen) atoms. The minimum absolute atomic E-state index is 0.